The molecule has 6 heteroatoms. The van der Waals surface area contributed by atoms with E-state index >= 15 is 0 Å². The van der Waals surface area contributed by atoms with Crippen LogP contribution in [-0.2, 0) is 17.8 Å². The molecule has 1 heterocycles. The summed E-state index contributed by atoms with van der Waals surface area (Å²) in [6.07, 6.45) is 1.58. The van der Waals surface area contributed by atoms with Gasteiger partial charge in [0.1, 0.15) is 11.4 Å². The second-order valence-corrected chi connectivity index (χ2v) is 4.48. The van der Waals surface area contributed by atoms with Crippen LogP contribution in [0.15, 0.2) is 42.6 Å². The predicted octanol–water partition coefficient (Wildman–Crippen LogP) is 1.34. The molecule has 1 aromatic carbocycles. The number of aromatic hydroxyl groups is 1. The minimum absolute atomic E-state index is 0.0372. The first-order valence-corrected chi connectivity index (χ1v) is 6.27. The number of carboxylic acid groups (broad SMARTS) is 1. The number of amides is 1. The van der Waals surface area contributed by atoms with Crippen LogP contribution < -0.4 is 5.32 Å². The molecular formula is C15H14N2O4. The van der Waals surface area contributed by atoms with Crippen LogP contribution in [-0.4, -0.2) is 27.1 Å². The van der Waals surface area contributed by atoms with Gasteiger partial charge in [-0.05, 0) is 29.3 Å². The number of rotatable bonds is 5. The predicted molar refractivity (Wildman–Crippen MR) is 74.9 cm³/mol. The Balaban J connectivity index is 1.87. The van der Waals surface area contributed by atoms with Crippen LogP contribution in [0.3, 0.4) is 0 Å². The summed E-state index contributed by atoms with van der Waals surface area (Å²) in [5.41, 5.74) is 1.39. The van der Waals surface area contributed by atoms with Crippen LogP contribution in [0.5, 0.6) is 5.75 Å². The van der Waals surface area contributed by atoms with E-state index in [0.29, 0.717) is 11.1 Å². The van der Waals surface area contributed by atoms with E-state index in [1.807, 2.05) is 0 Å². The van der Waals surface area contributed by atoms with E-state index < -0.39 is 5.97 Å². The van der Waals surface area contributed by atoms with Crippen molar-refractivity contribution in [3.05, 3.63) is 59.4 Å². The van der Waals surface area contributed by atoms with Crippen molar-refractivity contribution in [2.45, 2.75) is 13.0 Å². The third kappa shape index (κ3) is 4.31. The quantitative estimate of drug-likeness (QED) is 0.770. The minimum atomic E-state index is -1.09. The first-order chi connectivity index (χ1) is 10.0. The van der Waals surface area contributed by atoms with Gasteiger partial charge in [-0.3, -0.25) is 4.79 Å². The van der Waals surface area contributed by atoms with Crippen molar-refractivity contribution < 1.29 is 19.8 Å². The second kappa shape index (κ2) is 6.51. The van der Waals surface area contributed by atoms with Gasteiger partial charge in [0.05, 0.1) is 6.42 Å². The summed E-state index contributed by atoms with van der Waals surface area (Å²) in [5, 5.41) is 20.8. The zero-order valence-corrected chi connectivity index (χ0v) is 11.1. The number of phenols is 1. The molecule has 0 aliphatic carbocycles. The average molecular weight is 286 g/mol. The molecule has 0 radical (unpaired) electrons. The van der Waals surface area contributed by atoms with Crippen LogP contribution in [0.1, 0.15) is 21.6 Å². The summed E-state index contributed by atoms with van der Waals surface area (Å²) in [7, 11) is 0. The van der Waals surface area contributed by atoms with E-state index in [1.165, 1.54) is 24.4 Å². The maximum atomic E-state index is 11.8. The Labute approximate surface area is 121 Å². The molecule has 3 N–H and O–H groups in total. The van der Waals surface area contributed by atoms with Crippen molar-refractivity contribution in [1.82, 2.24) is 10.3 Å². The van der Waals surface area contributed by atoms with Gasteiger partial charge in [0.2, 0.25) is 5.91 Å². The first kappa shape index (κ1) is 14.5. The van der Waals surface area contributed by atoms with Crippen LogP contribution >= 0.6 is 0 Å². The SMILES string of the molecule is O=C(Cc1cccc(O)c1)NCc1ccc(C(=O)O)nc1. The standard InChI is InChI=1S/C15H14N2O4/c18-12-3-1-2-10(6-12)7-14(19)17-9-11-4-5-13(15(20)21)16-8-11/h1-6,8,18H,7,9H2,(H,17,19)(H,20,21). The monoisotopic (exact) mass is 286 g/mol. The van der Waals surface area contributed by atoms with Gasteiger partial charge in [-0.15, -0.1) is 0 Å². The van der Waals surface area contributed by atoms with Crippen LogP contribution in [0.2, 0.25) is 0 Å². The van der Waals surface area contributed by atoms with Crippen LogP contribution in [0.25, 0.3) is 0 Å². The maximum absolute atomic E-state index is 11.8. The van der Waals surface area contributed by atoms with Gasteiger partial charge in [0, 0.05) is 12.7 Å². The Morgan fingerprint density at radius 1 is 1.14 bits per heavy atom. The number of hydrogen-bond donors (Lipinski definition) is 3. The Hall–Kier alpha value is -2.89. The molecule has 0 saturated carbocycles. The van der Waals surface area contributed by atoms with E-state index in [1.54, 1.807) is 18.2 Å². The number of aromatic carboxylic acids is 1. The van der Waals surface area contributed by atoms with Gasteiger partial charge in [0.25, 0.3) is 0 Å². The van der Waals surface area contributed by atoms with Crippen molar-refractivity contribution in [1.29, 1.82) is 0 Å². The normalized spacial score (nSPS) is 10.1. The van der Waals surface area contributed by atoms with E-state index in [0.717, 1.165) is 0 Å². The maximum Gasteiger partial charge on any atom is 0.354 e. The Morgan fingerprint density at radius 3 is 2.57 bits per heavy atom. The van der Waals surface area contributed by atoms with E-state index in [4.69, 9.17) is 5.11 Å². The first-order valence-electron chi connectivity index (χ1n) is 6.27. The van der Waals surface area contributed by atoms with E-state index in [-0.39, 0.29) is 30.3 Å². The van der Waals surface area contributed by atoms with Gasteiger partial charge in [-0.1, -0.05) is 18.2 Å². The highest BCUT2D eigenvalue weighted by atomic mass is 16.4. The largest absolute Gasteiger partial charge is 0.508 e. The number of carboxylic acids is 1. The Bertz CT molecular complexity index is 653. The lowest BCUT2D eigenvalue weighted by molar-refractivity contribution is -0.120. The molecule has 0 fully saturated rings. The lowest BCUT2D eigenvalue weighted by atomic mass is 10.1. The number of carbonyl (C=O) groups excluding carboxylic acids is 1. The molecule has 6 nitrogen and oxygen atoms in total. The molecule has 0 saturated heterocycles. The number of nitrogens with zero attached hydrogens (tertiary/aromatic N) is 1. The summed E-state index contributed by atoms with van der Waals surface area (Å²) >= 11 is 0. The fourth-order valence-corrected chi connectivity index (χ4v) is 1.77. The van der Waals surface area contributed by atoms with E-state index in [2.05, 4.69) is 10.3 Å². The molecule has 0 aliphatic heterocycles. The molecule has 2 aromatic rings. The fourth-order valence-electron chi connectivity index (χ4n) is 1.77. The van der Waals surface area contributed by atoms with Gasteiger partial charge in [-0.25, -0.2) is 9.78 Å². The molecule has 0 spiro atoms. The summed E-state index contributed by atoms with van der Waals surface area (Å²) < 4.78 is 0. The number of carbonyl (C=O) groups is 2. The van der Waals surface area contributed by atoms with Crippen molar-refractivity contribution in [2.24, 2.45) is 0 Å². The lowest BCUT2D eigenvalue weighted by Crippen LogP contribution is -2.24. The molecule has 108 valence electrons. The number of hydrogen-bond acceptors (Lipinski definition) is 4. The Morgan fingerprint density at radius 2 is 1.95 bits per heavy atom. The Kier molecular flexibility index (Phi) is 4.50. The van der Waals surface area contributed by atoms with E-state index in [9.17, 15) is 14.7 Å². The molecule has 1 amide bonds. The molecule has 1 aromatic heterocycles. The zero-order chi connectivity index (χ0) is 15.2. The summed E-state index contributed by atoms with van der Waals surface area (Å²) in [6.45, 7) is 0.268. The molecule has 0 aliphatic rings. The third-order valence-corrected chi connectivity index (χ3v) is 2.81. The van der Waals surface area contributed by atoms with Crippen molar-refractivity contribution in [2.75, 3.05) is 0 Å². The summed E-state index contributed by atoms with van der Waals surface area (Å²) in [5.74, 6) is -1.16. The zero-order valence-electron chi connectivity index (χ0n) is 11.1. The molecule has 2 rings (SSSR count). The third-order valence-electron chi connectivity index (χ3n) is 2.81. The highest BCUT2D eigenvalue weighted by Gasteiger charge is 2.06. The fraction of sp³-hybridized carbons (Fsp3) is 0.133. The van der Waals surface area contributed by atoms with Gasteiger partial charge in [-0.2, -0.15) is 0 Å². The molecular weight excluding hydrogens is 272 g/mol. The topological polar surface area (TPSA) is 99.5 Å². The molecule has 0 unspecified atom stereocenters. The van der Waals surface area contributed by atoms with Crippen LogP contribution in [0, 0.1) is 0 Å². The average Bonchev–Trinajstić information content (AvgIpc) is 2.45. The number of aromatic nitrogens is 1. The number of benzene rings is 1. The second-order valence-electron chi connectivity index (χ2n) is 4.48. The molecule has 0 bridgehead atoms. The number of nitrogens with one attached hydrogen (secondary N) is 1. The van der Waals surface area contributed by atoms with Gasteiger partial charge < -0.3 is 15.5 Å². The van der Waals surface area contributed by atoms with Crippen molar-refractivity contribution in [3.63, 3.8) is 0 Å². The number of phenolic OH excluding ortho intramolecular Hbond substituents is 1. The highest BCUT2D eigenvalue weighted by molar-refractivity contribution is 5.85. The molecule has 21 heavy (non-hydrogen) atoms. The lowest BCUT2D eigenvalue weighted by Gasteiger charge is -2.06. The highest BCUT2D eigenvalue weighted by Crippen LogP contribution is 2.11. The summed E-state index contributed by atoms with van der Waals surface area (Å²) in [6, 6.07) is 9.49. The summed E-state index contributed by atoms with van der Waals surface area (Å²) in [4.78, 5) is 26.2. The van der Waals surface area contributed by atoms with Crippen LogP contribution in [0.4, 0.5) is 0 Å². The minimum Gasteiger partial charge on any atom is -0.508 e. The van der Waals surface area contributed by atoms with Crippen molar-refractivity contribution >= 4 is 11.9 Å². The van der Waals surface area contributed by atoms with Gasteiger partial charge >= 0.3 is 5.97 Å². The smallest absolute Gasteiger partial charge is 0.354 e. The van der Waals surface area contributed by atoms with Crippen molar-refractivity contribution in [3.8, 4) is 5.75 Å². The molecule has 0 atom stereocenters. The van der Waals surface area contributed by atoms with Gasteiger partial charge in [0.15, 0.2) is 0 Å². The number of pyridine rings is 1.